The Hall–Kier alpha value is -0.491. The molecule has 0 nitrogen and oxygen atoms in total. The summed E-state index contributed by atoms with van der Waals surface area (Å²) in [6, 6.07) is 29.3. The maximum atomic E-state index is 4.97. The van der Waals surface area contributed by atoms with Gasteiger partial charge >= 0.3 is 40.3 Å². The summed E-state index contributed by atoms with van der Waals surface area (Å²) < 4.78 is 0. The van der Waals surface area contributed by atoms with Crippen LogP contribution >= 0.6 is 15.2 Å². The van der Waals surface area contributed by atoms with Gasteiger partial charge in [0.2, 0.25) is 0 Å². The first-order valence-corrected chi connectivity index (χ1v) is 19.7. The van der Waals surface area contributed by atoms with Crippen LogP contribution in [-0.2, 0) is 0 Å². The molecule has 4 aromatic rings. The molecule has 0 N–H and O–H groups in total. The van der Waals surface area contributed by atoms with E-state index in [0.717, 1.165) is 9.52 Å². The van der Waals surface area contributed by atoms with E-state index in [4.69, 9.17) is 15.2 Å². The SMILES string of the molecule is C[Si]C.[Cl][U][Cl].c1ccc2[cH-]ccc2c1.c1ccc2[cH-]ccc2c1. The maximum absolute atomic E-state index is 4.97. The van der Waals surface area contributed by atoms with E-state index in [1.54, 1.807) is 0 Å². The second-order valence-electron chi connectivity index (χ2n) is 4.88. The van der Waals surface area contributed by atoms with Crippen LogP contribution in [0.1, 0.15) is 0 Å². The summed E-state index contributed by atoms with van der Waals surface area (Å²) in [5, 5.41) is 5.32. The van der Waals surface area contributed by atoms with Gasteiger partial charge in [-0.2, -0.15) is 35.0 Å². The summed E-state index contributed by atoms with van der Waals surface area (Å²) in [6.45, 7) is 4.31. The van der Waals surface area contributed by atoms with Crippen molar-refractivity contribution in [2.75, 3.05) is 0 Å². The summed E-state index contributed by atoms with van der Waals surface area (Å²) in [7, 11) is 11.0. The van der Waals surface area contributed by atoms with Crippen LogP contribution in [0, 0.1) is 25.1 Å². The molecule has 0 bridgehead atoms. The summed E-state index contributed by atoms with van der Waals surface area (Å²) in [5.41, 5.74) is 0. The molecule has 2 radical (unpaired) electrons. The maximum Gasteiger partial charge on any atom is -0.0809 e. The van der Waals surface area contributed by atoms with Gasteiger partial charge in [-0.3, -0.25) is 0 Å². The van der Waals surface area contributed by atoms with Gasteiger partial charge in [0.1, 0.15) is 0 Å². The standard InChI is InChI=1S/2C9H7.C2H6Si.2ClH.U/c2*1-2-5-9-7-3-6-8(9)4-1;1-3-2;;;/h2*1-7H;1-2H3;2*1H;/q2*-1;;;;+2/p-2. The summed E-state index contributed by atoms with van der Waals surface area (Å²) in [6.07, 6.45) is 0. The largest absolute Gasteiger partial charge is 0.168 e. The summed E-state index contributed by atoms with van der Waals surface area (Å²) in [5.74, 6) is 0. The Morgan fingerprint density at radius 1 is 0.708 bits per heavy atom. The third-order valence-corrected chi connectivity index (χ3v) is 3.10. The van der Waals surface area contributed by atoms with Crippen molar-refractivity contribution in [2.45, 2.75) is 13.1 Å². The molecular formula is C20H20Cl2SiU-2. The fourth-order valence-corrected chi connectivity index (χ4v) is 2.14. The molecule has 124 valence electrons. The number of benzene rings is 2. The van der Waals surface area contributed by atoms with E-state index in [1.807, 2.05) is 0 Å². The second kappa shape index (κ2) is 13.8. The van der Waals surface area contributed by atoms with E-state index in [-0.39, 0.29) is 0 Å². The van der Waals surface area contributed by atoms with E-state index < -0.39 is 25.1 Å². The number of hydrogen-bond acceptors (Lipinski definition) is 0. The Kier molecular flexibility index (Phi) is 12.4. The molecule has 0 heterocycles. The van der Waals surface area contributed by atoms with Gasteiger partial charge in [-0.25, -0.2) is 0 Å². The smallest absolute Gasteiger partial charge is 0.0809 e. The van der Waals surface area contributed by atoms with Crippen molar-refractivity contribution in [3.63, 3.8) is 0 Å². The molecule has 0 amide bonds. The van der Waals surface area contributed by atoms with Crippen molar-refractivity contribution >= 4 is 46.3 Å². The van der Waals surface area contributed by atoms with Crippen molar-refractivity contribution in [3.8, 4) is 0 Å². The molecule has 4 aromatic carbocycles. The fraction of sp³-hybridized carbons (Fsp3) is 0.100. The summed E-state index contributed by atoms with van der Waals surface area (Å²) in [4.78, 5) is 0. The first-order chi connectivity index (χ1) is 11.8. The molecule has 4 heteroatoms. The first-order valence-electron chi connectivity index (χ1n) is 7.52. The van der Waals surface area contributed by atoms with Crippen LogP contribution in [0.4, 0.5) is 0 Å². The van der Waals surface area contributed by atoms with Crippen molar-refractivity contribution in [1.82, 2.24) is 0 Å². The molecular weight excluding hydrogens is 577 g/mol. The monoisotopic (exact) mass is 596 g/mol. The van der Waals surface area contributed by atoms with Crippen LogP contribution in [0.3, 0.4) is 0 Å². The van der Waals surface area contributed by atoms with Crippen molar-refractivity contribution in [1.29, 1.82) is 0 Å². The number of hydrogen-bond donors (Lipinski definition) is 0. The van der Waals surface area contributed by atoms with Gasteiger partial charge in [-0.15, -0.1) is 59.3 Å². The van der Waals surface area contributed by atoms with Crippen molar-refractivity contribution in [3.05, 3.63) is 84.9 Å². The minimum atomic E-state index is -1.06. The Labute approximate surface area is 168 Å². The minimum Gasteiger partial charge on any atom is -0.168 e. The molecule has 0 unspecified atom stereocenters. The van der Waals surface area contributed by atoms with E-state index in [2.05, 4.69) is 98.0 Å². The Morgan fingerprint density at radius 3 is 1.38 bits per heavy atom. The van der Waals surface area contributed by atoms with Gasteiger partial charge in [0, 0.05) is 9.52 Å². The van der Waals surface area contributed by atoms with Crippen LogP contribution in [-0.4, -0.2) is 9.52 Å². The molecule has 0 atom stereocenters. The van der Waals surface area contributed by atoms with Crippen LogP contribution in [0.25, 0.3) is 21.5 Å². The van der Waals surface area contributed by atoms with Crippen LogP contribution in [0.15, 0.2) is 84.9 Å². The van der Waals surface area contributed by atoms with Gasteiger partial charge < -0.3 is 0 Å². The van der Waals surface area contributed by atoms with Crippen LogP contribution in [0.5, 0.6) is 0 Å². The Balaban J connectivity index is 0.000000183. The number of halogens is 2. The van der Waals surface area contributed by atoms with Crippen molar-refractivity contribution < 1.29 is 25.1 Å². The Bertz CT molecular complexity index is 664. The first kappa shape index (κ1) is 21.6. The Morgan fingerprint density at radius 2 is 1.04 bits per heavy atom. The zero-order valence-corrected chi connectivity index (χ0v) is 20.5. The predicted molar refractivity (Wildman–Crippen MR) is 108 cm³/mol. The molecule has 0 fully saturated rings. The molecule has 4 rings (SSSR count). The summed E-state index contributed by atoms with van der Waals surface area (Å²) >= 11 is -1.06. The van der Waals surface area contributed by atoms with Gasteiger partial charge in [0.05, 0.1) is 0 Å². The predicted octanol–water partition coefficient (Wildman–Crippen LogP) is 7.28. The quantitative estimate of drug-likeness (QED) is 0.148. The molecule has 24 heavy (non-hydrogen) atoms. The van der Waals surface area contributed by atoms with Crippen LogP contribution in [0.2, 0.25) is 13.1 Å². The zero-order valence-electron chi connectivity index (χ0n) is 13.8. The molecule has 0 aliphatic carbocycles. The number of rotatable bonds is 0. The third-order valence-electron chi connectivity index (χ3n) is 3.10. The topological polar surface area (TPSA) is 0 Å². The molecule has 0 saturated carbocycles. The normalized spacial score (nSPS) is 8.83. The van der Waals surface area contributed by atoms with Gasteiger partial charge in [0.15, 0.2) is 0 Å². The fourth-order valence-electron chi connectivity index (χ4n) is 2.14. The van der Waals surface area contributed by atoms with E-state index in [1.165, 1.54) is 21.5 Å². The van der Waals surface area contributed by atoms with E-state index >= 15 is 0 Å². The minimum absolute atomic E-state index is 1.06. The van der Waals surface area contributed by atoms with Gasteiger partial charge in [-0.1, -0.05) is 25.2 Å². The second-order valence-corrected chi connectivity index (χ2v) is 11.8. The average molecular weight is 597 g/mol. The zero-order chi connectivity index (χ0) is 17.6. The molecule has 0 aromatic heterocycles. The molecule has 0 spiro atoms. The third kappa shape index (κ3) is 8.06. The van der Waals surface area contributed by atoms with Crippen molar-refractivity contribution in [2.24, 2.45) is 0 Å². The number of fused-ring (bicyclic) bond motifs is 2. The molecule has 0 aliphatic rings. The van der Waals surface area contributed by atoms with Gasteiger partial charge in [0.25, 0.3) is 0 Å². The van der Waals surface area contributed by atoms with Crippen LogP contribution < -0.4 is 0 Å². The molecule has 0 saturated heterocycles. The average Bonchev–Trinajstić information content (AvgIpc) is 3.26. The molecule has 0 aliphatic heterocycles. The van der Waals surface area contributed by atoms with E-state index in [0.29, 0.717) is 0 Å². The van der Waals surface area contributed by atoms with Gasteiger partial charge in [-0.05, 0) is 0 Å². The van der Waals surface area contributed by atoms with E-state index in [9.17, 15) is 0 Å².